The highest BCUT2D eigenvalue weighted by Crippen LogP contribution is 2.23. The van der Waals surface area contributed by atoms with Crippen molar-refractivity contribution in [3.05, 3.63) is 96.3 Å². The number of allylic oxidation sites excluding steroid dienone is 1. The Morgan fingerprint density at radius 3 is 2.33 bits per heavy atom. The minimum atomic E-state index is -0.649. The van der Waals surface area contributed by atoms with Crippen LogP contribution in [0.1, 0.15) is 42.3 Å². The molecule has 2 aromatic carbocycles. The van der Waals surface area contributed by atoms with Gasteiger partial charge in [-0.15, -0.1) is 0 Å². The standard InChI is InChI=1S/C24H26N4O2/c1-17(2)18-10-9-11-19(16-18)24(3,4)25-23(30)27-26-22(29)20-12-5-6-13-21(20)28-14-7-8-15-28/h5-16H,1H2,2-4H3,(H,26,29)(H2,25,27,30). The van der Waals surface area contributed by atoms with Gasteiger partial charge in [0.15, 0.2) is 0 Å². The number of carbonyl (C=O) groups excluding carboxylic acids is 2. The molecule has 0 unspecified atom stereocenters. The van der Waals surface area contributed by atoms with E-state index in [1.54, 1.807) is 12.1 Å². The Kier molecular flexibility index (Phi) is 6.06. The van der Waals surface area contributed by atoms with Gasteiger partial charge in [-0.25, -0.2) is 10.2 Å². The predicted molar refractivity (Wildman–Crippen MR) is 119 cm³/mol. The maximum Gasteiger partial charge on any atom is 0.334 e. The SMILES string of the molecule is C=C(C)c1cccc(C(C)(C)NC(=O)NNC(=O)c2ccccc2-n2cccc2)c1. The van der Waals surface area contributed by atoms with Crippen LogP contribution in [0.4, 0.5) is 4.79 Å². The number of nitrogens with zero attached hydrogens (tertiary/aromatic N) is 1. The molecule has 0 aliphatic rings. The van der Waals surface area contributed by atoms with Crippen LogP contribution in [-0.2, 0) is 5.54 Å². The molecule has 0 saturated carbocycles. The van der Waals surface area contributed by atoms with Crippen LogP contribution in [0.3, 0.4) is 0 Å². The molecule has 0 atom stereocenters. The van der Waals surface area contributed by atoms with Gasteiger partial charge >= 0.3 is 6.03 Å². The fraction of sp³-hybridized carbons (Fsp3) is 0.167. The summed E-state index contributed by atoms with van der Waals surface area (Å²) < 4.78 is 1.84. The van der Waals surface area contributed by atoms with Crippen LogP contribution >= 0.6 is 0 Å². The molecule has 3 amide bonds. The Balaban J connectivity index is 1.66. The molecule has 6 nitrogen and oxygen atoms in total. The highest BCUT2D eigenvalue weighted by atomic mass is 16.2. The van der Waals surface area contributed by atoms with E-state index in [0.717, 1.165) is 22.4 Å². The molecule has 0 fully saturated rings. The minimum Gasteiger partial charge on any atom is -0.328 e. The number of hydrogen-bond donors (Lipinski definition) is 3. The number of nitrogens with one attached hydrogen (secondary N) is 3. The number of urea groups is 1. The zero-order valence-electron chi connectivity index (χ0n) is 17.4. The summed E-state index contributed by atoms with van der Waals surface area (Å²) in [5.41, 5.74) is 8.33. The van der Waals surface area contributed by atoms with E-state index in [-0.39, 0.29) is 0 Å². The van der Waals surface area contributed by atoms with E-state index in [2.05, 4.69) is 22.7 Å². The summed E-state index contributed by atoms with van der Waals surface area (Å²) in [5, 5.41) is 2.89. The van der Waals surface area contributed by atoms with Crippen molar-refractivity contribution in [1.82, 2.24) is 20.7 Å². The molecule has 1 aromatic heterocycles. The van der Waals surface area contributed by atoms with Gasteiger partial charge in [0.05, 0.1) is 16.8 Å². The largest absolute Gasteiger partial charge is 0.334 e. The van der Waals surface area contributed by atoms with E-state index in [1.807, 2.05) is 86.3 Å². The first-order valence-corrected chi connectivity index (χ1v) is 9.65. The lowest BCUT2D eigenvalue weighted by Gasteiger charge is -2.27. The van der Waals surface area contributed by atoms with Gasteiger partial charge < -0.3 is 9.88 Å². The van der Waals surface area contributed by atoms with Crippen molar-refractivity contribution in [1.29, 1.82) is 0 Å². The molecule has 3 aromatic rings. The first-order valence-electron chi connectivity index (χ1n) is 9.65. The average Bonchev–Trinajstić information content (AvgIpc) is 3.26. The number of rotatable bonds is 5. The first kappa shape index (κ1) is 20.9. The van der Waals surface area contributed by atoms with Crippen LogP contribution in [0, 0.1) is 0 Å². The zero-order chi connectivity index (χ0) is 21.7. The van der Waals surface area contributed by atoms with Crippen LogP contribution < -0.4 is 16.2 Å². The number of hydrogen-bond acceptors (Lipinski definition) is 2. The minimum absolute atomic E-state index is 0.406. The van der Waals surface area contributed by atoms with E-state index in [1.165, 1.54) is 0 Å². The Labute approximate surface area is 176 Å². The molecule has 0 radical (unpaired) electrons. The number of aromatic nitrogens is 1. The van der Waals surface area contributed by atoms with E-state index < -0.39 is 17.5 Å². The lowest BCUT2D eigenvalue weighted by Crippen LogP contribution is -2.52. The topological polar surface area (TPSA) is 75.2 Å². The fourth-order valence-electron chi connectivity index (χ4n) is 3.13. The van der Waals surface area contributed by atoms with Crippen molar-refractivity contribution in [3.8, 4) is 5.69 Å². The van der Waals surface area contributed by atoms with Gasteiger partial charge in [-0.05, 0) is 62.2 Å². The molecule has 0 saturated heterocycles. The van der Waals surface area contributed by atoms with Gasteiger partial charge in [0.2, 0.25) is 0 Å². The molecule has 0 aliphatic heterocycles. The second-order valence-corrected chi connectivity index (χ2v) is 7.63. The molecular formula is C24H26N4O2. The molecule has 0 aliphatic carbocycles. The van der Waals surface area contributed by atoms with E-state index in [9.17, 15) is 9.59 Å². The Bertz CT molecular complexity index is 1070. The first-order chi connectivity index (χ1) is 14.3. The van der Waals surface area contributed by atoms with Gasteiger partial charge in [-0.3, -0.25) is 10.2 Å². The summed E-state index contributed by atoms with van der Waals surface area (Å²) in [6.45, 7) is 9.69. The van der Waals surface area contributed by atoms with Crippen LogP contribution in [0.15, 0.2) is 79.6 Å². The average molecular weight is 402 g/mol. The highest BCUT2D eigenvalue weighted by molar-refractivity contribution is 5.98. The van der Waals surface area contributed by atoms with E-state index in [0.29, 0.717) is 5.56 Å². The van der Waals surface area contributed by atoms with Crippen LogP contribution in [0.5, 0.6) is 0 Å². The van der Waals surface area contributed by atoms with Crippen molar-refractivity contribution < 1.29 is 9.59 Å². The predicted octanol–water partition coefficient (Wildman–Crippen LogP) is 4.39. The van der Waals surface area contributed by atoms with Crippen molar-refractivity contribution in [3.63, 3.8) is 0 Å². The summed E-state index contributed by atoms with van der Waals surface area (Å²) in [7, 11) is 0. The molecule has 3 rings (SSSR count). The summed E-state index contributed by atoms with van der Waals surface area (Å²) in [6, 6.07) is 18.3. The zero-order valence-corrected chi connectivity index (χ0v) is 17.4. The smallest absolute Gasteiger partial charge is 0.328 e. The lowest BCUT2D eigenvalue weighted by atomic mass is 9.92. The van der Waals surface area contributed by atoms with Crippen LogP contribution in [-0.4, -0.2) is 16.5 Å². The number of carbonyl (C=O) groups is 2. The molecule has 154 valence electrons. The fourth-order valence-corrected chi connectivity index (χ4v) is 3.13. The van der Waals surface area contributed by atoms with Crippen LogP contribution in [0.2, 0.25) is 0 Å². The molecule has 3 N–H and O–H groups in total. The monoisotopic (exact) mass is 402 g/mol. The van der Waals surface area contributed by atoms with Gasteiger partial charge in [0.25, 0.3) is 5.91 Å². The third kappa shape index (κ3) is 4.78. The van der Waals surface area contributed by atoms with Gasteiger partial charge in [0, 0.05) is 12.4 Å². The third-order valence-corrected chi connectivity index (χ3v) is 4.82. The Hall–Kier alpha value is -3.80. The molecule has 0 bridgehead atoms. The summed E-state index contributed by atoms with van der Waals surface area (Å²) in [5.74, 6) is -0.406. The van der Waals surface area contributed by atoms with Gasteiger partial charge in [0.1, 0.15) is 0 Å². The van der Waals surface area contributed by atoms with Crippen molar-refractivity contribution in [2.24, 2.45) is 0 Å². The molecular weight excluding hydrogens is 376 g/mol. The van der Waals surface area contributed by atoms with E-state index in [4.69, 9.17) is 0 Å². The normalized spacial score (nSPS) is 10.9. The number of para-hydroxylation sites is 1. The summed E-state index contributed by atoms with van der Waals surface area (Å²) in [4.78, 5) is 25.1. The number of amides is 3. The lowest BCUT2D eigenvalue weighted by molar-refractivity contribution is 0.0935. The second kappa shape index (κ2) is 8.69. The molecule has 6 heteroatoms. The van der Waals surface area contributed by atoms with Crippen molar-refractivity contribution in [2.75, 3.05) is 0 Å². The Morgan fingerprint density at radius 1 is 0.933 bits per heavy atom. The highest BCUT2D eigenvalue weighted by Gasteiger charge is 2.23. The molecule has 0 spiro atoms. The van der Waals surface area contributed by atoms with Crippen molar-refractivity contribution in [2.45, 2.75) is 26.3 Å². The molecule has 30 heavy (non-hydrogen) atoms. The van der Waals surface area contributed by atoms with Gasteiger partial charge in [-0.1, -0.05) is 42.5 Å². The maximum atomic E-state index is 12.6. The summed E-state index contributed by atoms with van der Waals surface area (Å²) >= 11 is 0. The van der Waals surface area contributed by atoms with Crippen molar-refractivity contribution >= 4 is 17.5 Å². The molecule has 1 heterocycles. The van der Waals surface area contributed by atoms with E-state index >= 15 is 0 Å². The Morgan fingerprint density at radius 2 is 1.63 bits per heavy atom. The van der Waals surface area contributed by atoms with Gasteiger partial charge in [-0.2, -0.15) is 0 Å². The number of benzene rings is 2. The second-order valence-electron chi connectivity index (χ2n) is 7.63. The quantitative estimate of drug-likeness (QED) is 0.554. The maximum absolute atomic E-state index is 12.6. The van der Waals surface area contributed by atoms with Crippen LogP contribution in [0.25, 0.3) is 11.3 Å². The number of hydrazine groups is 1. The third-order valence-electron chi connectivity index (χ3n) is 4.82. The summed E-state index contributed by atoms with van der Waals surface area (Å²) in [6.07, 6.45) is 3.71.